The molecule has 2 rings (SSSR count). The van der Waals surface area contributed by atoms with Gasteiger partial charge in [-0.1, -0.05) is 26.7 Å². The van der Waals surface area contributed by atoms with Gasteiger partial charge in [0.1, 0.15) is 0 Å². The molecule has 1 spiro atoms. The number of rotatable bonds is 5. The SMILES string of the molecule is CNC(CCC1CCOC2(CCCC2)C1)C(C)C. The minimum Gasteiger partial charge on any atom is -0.375 e. The molecule has 18 heavy (non-hydrogen) atoms. The lowest BCUT2D eigenvalue weighted by Crippen LogP contribution is -2.38. The van der Waals surface area contributed by atoms with Crippen molar-refractivity contribution >= 4 is 0 Å². The molecule has 0 radical (unpaired) electrons. The van der Waals surface area contributed by atoms with Gasteiger partial charge in [-0.2, -0.15) is 0 Å². The van der Waals surface area contributed by atoms with E-state index in [2.05, 4.69) is 26.2 Å². The Bertz CT molecular complexity index is 245. The monoisotopic (exact) mass is 253 g/mol. The van der Waals surface area contributed by atoms with E-state index in [4.69, 9.17) is 4.74 Å². The maximum absolute atomic E-state index is 6.12. The zero-order chi connectivity index (χ0) is 13.0. The van der Waals surface area contributed by atoms with Crippen LogP contribution in [-0.2, 0) is 4.74 Å². The zero-order valence-corrected chi connectivity index (χ0v) is 12.5. The summed E-state index contributed by atoms with van der Waals surface area (Å²) in [6.07, 6.45) is 10.8. The minimum absolute atomic E-state index is 0.301. The lowest BCUT2D eigenvalue weighted by atomic mass is 9.81. The molecule has 1 saturated heterocycles. The molecule has 1 aliphatic heterocycles. The third-order valence-electron chi connectivity index (χ3n) is 5.17. The summed E-state index contributed by atoms with van der Waals surface area (Å²) < 4.78 is 6.12. The van der Waals surface area contributed by atoms with Crippen LogP contribution in [0.1, 0.15) is 65.2 Å². The van der Waals surface area contributed by atoms with Crippen molar-refractivity contribution in [1.82, 2.24) is 5.32 Å². The molecule has 1 N–H and O–H groups in total. The topological polar surface area (TPSA) is 21.3 Å². The standard InChI is InChI=1S/C16H31NO/c1-13(2)15(17-3)7-6-14-8-11-18-16(12-14)9-4-5-10-16/h13-15,17H,4-12H2,1-3H3. The second-order valence-corrected chi connectivity index (χ2v) is 6.81. The molecule has 2 nitrogen and oxygen atoms in total. The Kier molecular flexibility index (Phi) is 5.08. The van der Waals surface area contributed by atoms with E-state index in [1.807, 2.05) is 0 Å². The van der Waals surface area contributed by atoms with Gasteiger partial charge in [0.2, 0.25) is 0 Å². The second-order valence-electron chi connectivity index (χ2n) is 6.81. The fourth-order valence-electron chi connectivity index (χ4n) is 3.97. The van der Waals surface area contributed by atoms with Gasteiger partial charge in [0.05, 0.1) is 5.60 Å². The Hall–Kier alpha value is -0.0800. The summed E-state index contributed by atoms with van der Waals surface area (Å²) in [4.78, 5) is 0. The van der Waals surface area contributed by atoms with Gasteiger partial charge in [0.25, 0.3) is 0 Å². The van der Waals surface area contributed by atoms with E-state index in [1.165, 1.54) is 51.4 Å². The van der Waals surface area contributed by atoms with Crippen molar-refractivity contribution in [2.24, 2.45) is 11.8 Å². The first-order valence-corrected chi connectivity index (χ1v) is 7.96. The lowest BCUT2D eigenvalue weighted by Gasteiger charge is -2.39. The van der Waals surface area contributed by atoms with Crippen LogP contribution in [0.15, 0.2) is 0 Å². The summed E-state index contributed by atoms with van der Waals surface area (Å²) in [6.45, 7) is 5.66. The smallest absolute Gasteiger partial charge is 0.0685 e. The maximum atomic E-state index is 6.12. The Balaban J connectivity index is 1.79. The first kappa shape index (κ1) is 14.3. The fraction of sp³-hybridized carbons (Fsp3) is 1.00. The summed E-state index contributed by atoms with van der Waals surface area (Å²) in [5.74, 6) is 1.65. The Morgan fingerprint density at radius 2 is 2.00 bits per heavy atom. The summed E-state index contributed by atoms with van der Waals surface area (Å²) in [5.41, 5.74) is 0.301. The number of nitrogens with one attached hydrogen (secondary N) is 1. The van der Waals surface area contributed by atoms with Crippen LogP contribution in [0, 0.1) is 11.8 Å². The molecule has 2 fully saturated rings. The van der Waals surface area contributed by atoms with E-state index in [0.29, 0.717) is 11.6 Å². The van der Waals surface area contributed by atoms with Crippen LogP contribution in [0.4, 0.5) is 0 Å². The van der Waals surface area contributed by atoms with Crippen molar-refractivity contribution in [2.45, 2.75) is 76.9 Å². The first-order chi connectivity index (χ1) is 8.65. The first-order valence-electron chi connectivity index (χ1n) is 7.96. The predicted molar refractivity (Wildman–Crippen MR) is 76.8 cm³/mol. The molecule has 0 aromatic heterocycles. The van der Waals surface area contributed by atoms with Gasteiger partial charge in [0, 0.05) is 12.6 Å². The van der Waals surface area contributed by atoms with Crippen LogP contribution in [0.5, 0.6) is 0 Å². The highest BCUT2D eigenvalue weighted by molar-refractivity contribution is 4.91. The summed E-state index contributed by atoms with van der Waals surface area (Å²) in [5, 5.41) is 3.47. The molecule has 2 unspecified atom stereocenters. The molecule has 2 heteroatoms. The highest BCUT2D eigenvalue weighted by atomic mass is 16.5. The average Bonchev–Trinajstić information content (AvgIpc) is 2.78. The summed E-state index contributed by atoms with van der Waals surface area (Å²) >= 11 is 0. The normalized spacial score (nSPS) is 29.0. The highest BCUT2D eigenvalue weighted by Gasteiger charge is 2.39. The van der Waals surface area contributed by atoms with Crippen LogP contribution in [0.25, 0.3) is 0 Å². The van der Waals surface area contributed by atoms with Gasteiger partial charge in [-0.25, -0.2) is 0 Å². The van der Waals surface area contributed by atoms with Crippen molar-refractivity contribution < 1.29 is 4.74 Å². The molecular weight excluding hydrogens is 222 g/mol. The predicted octanol–water partition coefficient (Wildman–Crippen LogP) is 3.75. The van der Waals surface area contributed by atoms with Crippen LogP contribution >= 0.6 is 0 Å². The van der Waals surface area contributed by atoms with Gasteiger partial charge in [-0.15, -0.1) is 0 Å². The molecular formula is C16H31NO. The van der Waals surface area contributed by atoms with Crippen molar-refractivity contribution in [2.75, 3.05) is 13.7 Å². The van der Waals surface area contributed by atoms with Gasteiger partial charge in [0.15, 0.2) is 0 Å². The molecule has 2 aliphatic rings. The van der Waals surface area contributed by atoms with Crippen molar-refractivity contribution in [3.05, 3.63) is 0 Å². The van der Waals surface area contributed by atoms with Crippen molar-refractivity contribution in [3.8, 4) is 0 Å². The average molecular weight is 253 g/mol. The van der Waals surface area contributed by atoms with Crippen LogP contribution < -0.4 is 5.32 Å². The Labute approximate surface area is 113 Å². The van der Waals surface area contributed by atoms with Gasteiger partial charge in [-0.3, -0.25) is 0 Å². The molecule has 0 aromatic rings. The number of hydrogen-bond acceptors (Lipinski definition) is 2. The van der Waals surface area contributed by atoms with E-state index in [-0.39, 0.29) is 0 Å². The quantitative estimate of drug-likeness (QED) is 0.805. The molecule has 0 bridgehead atoms. The molecule has 106 valence electrons. The third-order valence-corrected chi connectivity index (χ3v) is 5.17. The largest absolute Gasteiger partial charge is 0.375 e. The molecule has 1 saturated carbocycles. The zero-order valence-electron chi connectivity index (χ0n) is 12.5. The third kappa shape index (κ3) is 3.48. The van der Waals surface area contributed by atoms with Crippen LogP contribution in [0.2, 0.25) is 0 Å². The maximum Gasteiger partial charge on any atom is 0.0685 e. The molecule has 1 aliphatic carbocycles. The Morgan fingerprint density at radius 1 is 1.28 bits per heavy atom. The van der Waals surface area contributed by atoms with Gasteiger partial charge in [-0.05, 0) is 57.4 Å². The second kappa shape index (κ2) is 6.38. The fourth-order valence-corrected chi connectivity index (χ4v) is 3.97. The van der Waals surface area contributed by atoms with Gasteiger partial charge < -0.3 is 10.1 Å². The van der Waals surface area contributed by atoms with E-state index < -0.39 is 0 Å². The minimum atomic E-state index is 0.301. The van der Waals surface area contributed by atoms with Crippen LogP contribution in [-0.4, -0.2) is 25.3 Å². The van der Waals surface area contributed by atoms with E-state index in [9.17, 15) is 0 Å². The molecule has 0 aromatic carbocycles. The summed E-state index contributed by atoms with van der Waals surface area (Å²) in [7, 11) is 2.10. The van der Waals surface area contributed by atoms with Gasteiger partial charge >= 0.3 is 0 Å². The highest BCUT2D eigenvalue weighted by Crippen LogP contribution is 2.43. The van der Waals surface area contributed by atoms with E-state index in [1.54, 1.807) is 0 Å². The van der Waals surface area contributed by atoms with E-state index in [0.717, 1.165) is 18.4 Å². The van der Waals surface area contributed by atoms with Crippen molar-refractivity contribution in [3.63, 3.8) is 0 Å². The Morgan fingerprint density at radius 3 is 2.61 bits per heavy atom. The van der Waals surface area contributed by atoms with Crippen molar-refractivity contribution in [1.29, 1.82) is 0 Å². The van der Waals surface area contributed by atoms with Crippen LogP contribution in [0.3, 0.4) is 0 Å². The number of ether oxygens (including phenoxy) is 1. The van der Waals surface area contributed by atoms with E-state index >= 15 is 0 Å². The molecule has 0 amide bonds. The lowest BCUT2D eigenvalue weighted by molar-refractivity contribution is -0.0941. The molecule has 1 heterocycles. The number of hydrogen-bond donors (Lipinski definition) is 1. The summed E-state index contributed by atoms with van der Waals surface area (Å²) in [6, 6.07) is 0.687. The molecule has 2 atom stereocenters.